The van der Waals surface area contributed by atoms with Gasteiger partial charge in [0.1, 0.15) is 11.6 Å². The summed E-state index contributed by atoms with van der Waals surface area (Å²) in [7, 11) is 0. The van der Waals surface area contributed by atoms with Gasteiger partial charge in [0.2, 0.25) is 0 Å². The third kappa shape index (κ3) is 3.79. The molecule has 0 radical (unpaired) electrons. The largest absolute Gasteiger partial charge is 0.314 e. The molecule has 1 aliphatic rings. The van der Waals surface area contributed by atoms with Crippen molar-refractivity contribution in [3.8, 4) is 0 Å². The Morgan fingerprint density at radius 2 is 2.17 bits per heavy atom. The second-order valence-corrected chi connectivity index (χ2v) is 4.81. The fraction of sp³-hybridized carbons (Fsp3) is 0.500. The zero-order valence-corrected chi connectivity index (χ0v) is 11.3. The lowest BCUT2D eigenvalue weighted by Gasteiger charge is -2.27. The zero-order valence-electron chi connectivity index (χ0n) is 10.5. The van der Waals surface area contributed by atoms with E-state index in [2.05, 4.69) is 12.2 Å². The van der Waals surface area contributed by atoms with Crippen molar-refractivity contribution in [2.45, 2.75) is 32.2 Å². The molecule has 1 saturated heterocycles. The van der Waals surface area contributed by atoms with Crippen LogP contribution in [0.3, 0.4) is 0 Å². The highest BCUT2D eigenvalue weighted by atomic mass is 35.5. The second kappa shape index (κ2) is 6.86. The molecule has 0 saturated carbocycles. The van der Waals surface area contributed by atoms with Crippen LogP contribution >= 0.6 is 12.4 Å². The van der Waals surface area contributed by atoms with Crippen molar-refractivity contribution in [2.24, 2.45) is 5.92 Å². The van der Waals surface area contributed by atoms with Gasteiger partial charge in [-0.15, -0.1) is 12.4 Å². The Hall–Kier alpha value is -0.930. The van der Waals surface area contributed by atoms with Crippen LogP contribution in [-0.4, -0.2) is 18.4 Å². The number of piperidine rings is 1. The Kier molecular flexibility index (Phi) is 5.76. The number of Topliss-reactive ketones (excluding diaryl/α,β-unsaturated/α-hetero) is 1. The highest BCUT2D eigenvalue weighted by molar-refractivity contribution is 5.85. The molecule has 0 bridgehead atoms. The van der Waals surface area contributed by atoms with E-state index < -0.39 is 0 Å². The first-order valence-corrected chi connectivity index (χ1v) is 6.16. The Labute approximate surface area is 113 Å². The molecule has 0 aromatic heterocycles. The van der Waals surface area contributed by atoms with Gasteiger partial charge in [-0.25, -0.2) is 4.39 Å². The fourth-order valence-corrected chi connectivity index (χ4v) is 2.40. The van der Waals surface area contributed by atoms with Crippen LogP contribution in [-0.2, 0) is 11.2 Å². The molecule has 1 aromatic rings. The molecule has 100 valence electrons. The number of nitrogens with one attached hydrogen (secondary N) is 1. The molecule has 1 aromatic carbocycles. The van der Waals surface area contributed by atoms with Crippen LogP contribution < -0.4 is 5.32 Å². The minimum absolute atomic E-state index is 0. The van der Waals surface area contributed by atoms with Gasteiger partial charge in [-0.2, -0.15) is 0 Å². The monoisotopic (exact) mass is 271 g/mol. The predicted octanol–water partition coefficient (Wildman–Crippen LogP) is 2.75. The van der Waals surface area contributed by atoms with Gasteiger partial charge >= 0.3 is 0 Å². The first-order valence-electron chi connectivity index (χ1n) is 6.16. The van der Waals surface area contributed by atoms with Crippen molar-refractivity contribution in [1.82, 2.24) is 5.32 Å². The van der Waals surface area contributed by atoms with E-state index in [1.54, 1.807) is 18.2 Å². The predicted molar refractivity (Wildman–Crippen MR) is 72.5 cm³/mol. The quantitative estimate of drug-likeness (QED) is 0.916. The number of hydrogen-bond acceptors (Lipinski definition) is 2. The number of carbonyl (C=O) groups is 1. The van der Waals surface area contributed by atoms with E-state index in [0.29, 0.717) is 11.6 Å². The van der Waals surface area contributed by atoms with Gasteiger partial charge in [0, 0.05) is 18.4 Å². The number of ketones is 1. The van der Waals surface area contributed by atoms with E-state index >= 15 is 0 Å². The normalized spacial score (nSPS) is 23.2. The molecule has 0 aliphatic carbocycles. The standard InChI is InChI=1S/C14H18FNO.ClH/c1-10-8-12(6-7-16-10)14(17)9-11-4-2-3-5-13(11)15;/h2-5,10,12,16H,6-9H2,1H3;1H/t10-,12-;/m1./s1. The van der Waals surface area contributed by atoms with E-state index in [1.807, 2.05) is 0 Å². The van der Waals surface area contributed by atoms with E-state index in [4.69, 9.17) is 0 Å². The van der Waals surface area contributed by atoms with Gasteiger partial charge in [0.25, 0.3) is 0 Å². The number of carbonyl (C=O) groups excluding carboxylic acids is 1. The van der Waals surface area contributed by atoms with Crippen molar-refractivity contribution in [2.75, 3.05) is 6.54 Å². The highest BCUT2D eigenvalue weighted by Crippen LogP contribution is 2.19. The average molecular weight is 272 g/mol. The highest BCUT2D eigenvalue weighted by Gasteiger charge is 2.24. The average Bonchev–Trinajstić information content (AvgIpc) is 2.32. The van der Waals surface area contributed by atoms with Crippen LogP contribution in [0.5, 0.6) is 0 Å². The molecule has 2 atom stereocenters. The summed E-state index contributed by atoms with van der Waals surface area (Å²) in [6.45, 7) is 2.97. The second-order valence-electron chi connectivity index (χ2n) is 4.81. The summed E-state index contributed by atoms with van der Waals surface area (Å²) >= 11 is 0. The van der Waals surface area contributed by atoms with Gasteiger partial charge in [0.05, 0.1) is 0 Å². The number of halogens is 2. The molecular weight excluding hydrogens is 253 g/mol. The lowest BCUT2D eigenvalue weighted by atomic mass is 9.87. The lowest BCUT2D eigenvalue weighted by molar-refractivity contribution is -0.123. The Bertz CT molecular complexity index is 411. The van der Waals surface area contributed by atoms with Crippen molar-refractivity contribution in [3.05, 3.63) is 35.6 Å². The van der Waals surface area contributed by atoms with Crippen LogP contribution in [0.25, 0.3) is 0 Å². The van der Waals surface area contributed by atoms with Crippen LogP contribution in [0.2, 0.25) is 0 Å². The molecule has 0 unspecified atom stereocenters. The van der Waals surface area contributed by atoms with Gasteiger partial charge in [-0.3, -0.25) is 4.79 Å². The molecule has 1 fully saturated rings. The third-order valence-corrected chi connectivity index (χ3v) is 3.40. The van der Waals surface area contributed by atoms with E-state index in [0.717, 1.165) is 19.4 Å². The molecule has 4 heteroatoms. The summed E-state index contributed by atoms with van der Waals surface area (Å²) in [6, 6.07) is 6.91. The Morgan fingerprint density at radius 3 is 2.83 bits per heavy atom. The lowest BCUT2D eigenvalue weighted by Crippen LogP contribution is -2.38. The van der Waals surface area contributed by atoms with Gasteiger partial charge in [-0.05, 0) is 37.9 Å². The minimum Gasteiger partial charge on any atom is -0.314 e. The van der Waals surface area contributed by atoms with Crippen molar-refractivity contribution < 1.29 is 9.18 Å². The smallest absolute Gasteiger partial charge is 0.140 e. The first kappa shape index (κ1) is 15.1. The SMILES string of the molecule is C[C@@H]1C[C@H](C(=O)Cc2ccccc2F)CCN1.Cl. The maximum Gasteiger partial charge on any atom is 0.140 e. The van der Waals surface area contributed by atoms with Crippen LogP contribution in [0.1, 0.15) is 25.3 Å². The van der Waals surface area contributed by atoms with Crippen LogP contribution in [0, 0.1) is 11.7 Å². The zero-order chi connectivity index (χ0) is 12.3. The maximum atomic E-state index is 13.4. The number of hydrogen-bond donors (Lipinski definition) is 1. The molecule has 2 rings (SSSR count). The fourth-order valence-electron chi connectivity index (χ4n) is 2.40. The summed E-state index contributed by atoms with van der Waals surface area (Å²) in [5, 5.41) is 3.32. The summed E-state index contributed by atoms with van der Waals surface area (Å²) in [4.78, 5) is 12.1. The first-order chi connectivity index (χ1) is 8.16. The summed E-state index contributed by atoms with van der Waals surface area (Å²) in [5.41, 5.74) is 0.517. The molecule has 1 heterocycles. The van der Waals surface area contributed by atoms with Gasteiger partial charge in [-0.1, -0.05) is 18.2 Å². The van der Waals surface area contributed by atoms with Gasteiger partial charge < -0.3 is 5.32 Å². The van der Waals surface area contributed by atoms with Crippen molar-refractivity contribution in [3.63, 3.8) is 0 Å². The molecule has 0 amide bonds. The van der Waals surface area contributed by atoms with Crippen LogP contribution in [0.15, 0.2) is 24.3 Å². The molecule has 1 aliphatic heterocycles. The molecule has 2 nitrogen and oxygen atoms in total. The van der Waals surface area contributed by atoms with Crippen molar-refractivity contribution >= 4 is 18.2 Å². The summed E-state index contributed by atoms with van der Waals surface area (Å²) < 4.78 is 13.4. The molecular formula is C14H19ClFNO. The van der Waals surface area contributed by atoms with E-state index in [9.17, 15) is 9.18 Å². The molecule has 0 spiro atoms. The molecule has 1 N–H and O–H groups in total. The minimum atomic E-state index is -0.275. The number of rotatable bonds is 3. The summed E-state index contributed by atoms with van der Waals surface area (Å²) in [5.74, 6) is -0.0165. The topological polar surface area (TPSA) is 29.1 Å². The maximum absolute atomic E-state index is 13.4. The van der Waals surface area contributed by atoms with Gasteiger partial charge in [0.15, 0.2) is 0 Å². The molecule has 18 heavy (non-hydrogen) atoms. The Balaban J connectivity index is 0.00000162. The number of benzene rings is 1. The van der Waals surface area contributed by atoms with E-state index in [1.165, 1.54) is 6.07 Å². The van der Waals surface area contributed by atoms with E-state index in [-0.39, 0.29) is 36.3 Å². The Morgan fingerprint density at radius 1 is 1.44 bits per heavy atom. The third-order valence-electron chi connectivity index (χ3n) is 3.40. The summed E-state index contributed by atoms with van der Waals surface area (Å²) in [6.07, 6.45) is 1.97. The van der Waals surface area contributed by atoms with Crippen molar-refractivity contribution in [1.29, 1.82) is 0 Å². The van der Waals surface area contributed by atoms with Crippen LogP contribution in [0.4, 0.5) is 4.39 Å².